The van der Waals surface area contributed by atoms with Gasteiger partial charge in [-0.05, 0) is 32.6 Å². The molecular weight excluding hydrogens is 412 g/mol. The molecule has 4 rings (SSSR count). The first-order valence-electron chi connectivity index (χ1n) is 11.9. The molecule has 176 valence electrons. The fourth-order valence-electron chi connectivity index (χ4n) is 5.72. The minimum absolute atomic E-state index is 0.0181. The molecule has 4 aliphatic rings. The van der Waals surface area contributed by atoms with Crippen molar-refractivity contribution in [1.82, 2.24) is 9.80 Å². The van der Waals surface area contributed by atoms with E-state index in [1.807, 2.05) is 36.1 Å². The summed E-state index contributed by atoms with van der Waals surface area (Å²) >= 11 is 0. The van der Waals surface area contributed by atoms with Gasteiger partial charge in [0, 0.05) is 25.7 Å². The van der Waals surface area contributed by atoms with E-state index < -0.39 is 35.6 Å². The molecule has 32 heavy (non-hydrogen) atoms. The van der Waals surface area contributed by atoms with Gasteiger partial charge in [0.05, 0.1) is 18.6 Å². The molecule has 2 unspecified atom stereocenters. The number of allylic oxidation sites excluding steroid dienone is 1. The topological polar surface area (TPSA) is 96.4 Å². The smallest absolute Gasteiger partial charge is 0.312 e. The molecule has 0 aromatic carbocycles. The van der Waals surface area contributed by atoms with Gasteiger partial charge in [0.1, 0.15) is 17.6 Å². The van der Waals surface area contributed by atoms with E-state index in [0.717, 1.165) is 25.7 Å². The van der Waals surface area contributed by atoms with Gasteiger partial charge in [-0.25, -0.2) is 0 Å². The lowest BCUT2D eigenvalue weighted by Crippen LogP contribution is -2.56. The van der Waals surface area contributed by atoms with Crippen molar-refractivity contribution in [2.75, 3.05) is 26.3 Å². The van der Waals surface area contributed by atoms with Crippen LogP contribution in [0.1, 0.15) is 46.0 Å². The molecule has 0 radical (unpaired) electrons. The zero-order chi connectivity index (χ0) is 22.9. The molecule has 0 aromatic rings. The molecule has 0 aliphatic carbocycles. The largest absolute Gasteiger partial charge is 0.465 e. The van der Waals surface area contributed by atoms with Crippen LogP contribution in [0.4, 0.5) is 0 Å². The van der Waals surface area contributed by atoms with Gasteiger partial charge in [0.15, 0.2) is 0 Å². The second-order valence-corrected chi connectivity index (χ2v) is 9.22. The van der Waals surface area contributed by atoms with Gasteiger partial charge >= 0.3 is 5.97 Å². The van der Waals surface area contributed by atoms with Crippen LogP contribution in [0.25, 0.3) is 0 Å². The third kappa shape index (κ3) is 3.67. The fraction of sp³-hybridized carbons (Fsp3) is 0.708. The molecule has 6 atom stereocenters. The molecule has 1 spiro atoms. The number of ether oxygens (including phenoxy) is 2. The van der Waals surface area contributed by atoms with Crippen molar-refractivity contribution in [3.63, 3.8) is 0 Å². The second kappa shape index (κ2) is 9.35. The molecule has 1 N–H and O–H groups in total. The van der Waals surface area contributed by atoms with E-state index in [0.29, 0.717) is 19.6 Å². The number of likely N-dealkylation sites (tertiary alicyclic amines) is 1. The van der Waals surface area contributed by atoms with Crippen molar-refractivity contribution < 1.29 is 29.0 Å². The van der Waals surface area contributed by atoms with Crippen LogP contribution in [0.2, 0.25) is 0 Å². The minimum Gasteiger partial charge on any atom is -0.465 e. The molecule has 2 saturated heterocycles. The van der Waals surface area contributed by atoms with Crippen molar-refractivity contribution in [3.8, 4) is 0 Å². The summed E-state index contributed by atoms with van der Waals surface area (Å²) in [7, 11) is 0. The average molecular weight is 447 g/mol. The quantitative estimate of drug-likeness (QED) is 0.490. The number of aliphatic hydroxyl groups excluding tert-OH is 1. The molecule has 0 aromatic heterocycles. The summed E-state index contributed by atoms with van der Waals surface area (Å²) in [6, 6.07) is -0.842. The zero-order valence-electron chi connectivity index (χ0n) is 18.9. The molecule has 4 heterocycles. The third-order valence-corrected chi connectivity index (χ3v) is 7.18. The number of hydrogen-bond acceptors (Lipinski definition) is 6. The molecule has 0 bridgehead atoms. The Morgan fingerprint density at radius 1 is 1.25 bits per heavy atom. The number of aliphatic hydroxyl groups is 1. The Kier molecular flexibility index (Phi) is 6.72. The lowest BCUT2D eigenvalue weighted by molar-refractivity contribution is -0.155. The van der Waals surface area contributed by atoms with Crippen molar-refractivity contribution in [2.45, 2.75) is 69.7 Å². The highest BCUT2D eigenvalue weighted by atomic mass is 16.6. The van der Waals surface area contributed by atoms with E-state index in [9.17, 15) is 19.5 Å². The maximum Gasteiger partial charge on any atom is 0.312 e. The highest BCUT2D eigenvalue weighted by Gasteiger charge is 2.71. The Labute approximate surface area is 189 Å². The summed E-state index contributed by atoms with van der Waals surface area (Å²) in [6.07, 6.45) is 10.6. The number of amides is 2. The number of hydrogen-bond donors (Lipinski definition) is 1. The van der Waals surface area contributed by atoms with Gasteiger partial charge < -0.3 is 24.4 Å². The van der Waals surface area contributed by atoms with E-state index >= 15 is 0 Å². The van der Waals surface area contributed by atoms with E-state index in [-0.39, 0.29) is 31.0 Å². The molecule has 2 fully saturated rings. The normalized spacial score (nSPS) is 36.4. The lowest BCUT2D eigenvalue weighted by Gasteiger charge is -2.37. The van der Waals surface area contributed by atoms with E-state index in [4.69, 9.17) is 9.47 Å². The molecule has 2 amide bonds. The van der Waals surface area contributed by atoms with Crippen LogP contribution in [0.3, 0.4) is 0 Å². The average Bonchev–Trinajstić information content (AvgIpc) is 3.17. The number of nitrogens with zero attached hydrogens (tertiary/aromatic N) is 2. The van der Waals surface area contributed by atoms with Gasteiger partial charge in [-0.3, -0.25) is 14.4 Å². The lowest BCUT2D eigenvalue weighted by atomic mass is 9.78. The standard InChI is InChI=1S/C24H34N2O6/c1-3-9-16(2)25-12-7-11-24-19(21(28)26(13-8-14-27)20(24)22(25)29)18-17(32-24)10-5-4-6-15-31-23(18)30/h5,7,10-11,16-20,27H,3-4,6,8-9,12-15H2,1-2H3/b10-5-/t16?,17-,18+,19+,20?,24+/m1/s1. The number of carbonyl (C=O) groups is 3. The fourth-order valence-corrected chi connectivity index (χ4v) is 5.72. The summed E-state index contributed by atoms with van der Waals surface area (Å²) < 4.78 is 12.0. The van der Waals surface area contributed by atoms with Crippen molar-refractivity contribution in [3.05, 3.63) is 24.3 Å². The van der Waals surface area contributed by atoms with Crippen LogP contribution in [0, 0.1) is 11.8 Å². The SMILES string of the molecule is CCCC(C)N1CC=C[C@]23O[C@@H]4/C=C\CCCOC(=O)[C@@H]4[C@H]2C(=O)N(CCCO)C3C1=O. The van der Waals surface area contributed by atoms with Crippen LogP contribution in [-0.4, -0.2) is 82.8 Å². The zero-order valence-corrected chi connectivity index (χ0v) is 18.9. The minimum atomic E-state index is -1.22. The molecule has 0 saturated carbocycles. The highest BCUT2D eigenvalue weighted by Crippen LogP contribution is 2.53. The number of fused-ring (bicyclic) bond motifs is 2. The molecular formula is C24H34N2O6. The second-order valence-electron chi connectivity index (χ2n) is 9.22. The summed E-state index contributed by atoms with van der Waals surface area (Å²) in [5.74, 6) is -2.50. The van der Waals surface area contributed by atoms with Crippen LogP contribution in [0.5, 0.6) is 0 Å². The van der Waals surface area contributed by atoms with Crippen molar-refractivity contribution in [2.24, 2.45) is 11.8 Å². The molecule has 8 nitrogen and oxygen atoms in total. The Bertz CT molecular complexity index is 810. The summed E-state index contributed by atoms with van der Waals surface area (Å²) in [4.78, 5) is 44.0. The monoisotopic (exact) mass is 446 g/mol. The van der Waals surface area contributed by atoms with E-state index in [1.54, 1.807) is 0 Å². The van der Waals surface area contributed by atoms with E-state index in [2.05, 4.69) is 6.92 Å². The first kappa shape index (κ1) is 23.0. The van der Waals surface area contributed by atoms with Gasteiger partial charge in [-0.15, -0.1) is 0 Å². The highest BCUT2D eigenvalue weighted by molar-refractivity contribution is 5.99. The van der Waals surface area contributed by atoms with Gasteiger partial charge in [0.2, 0.25) is 11.8 Å². The summed E-state index contributed by atoms with van der Waals surface area (Å²) in [5.41, 5.74) is -1.22. The van der Waals surface area contributed by atoms with E-state index in [1.165, 1.54) is 4.90 Å². The van der Waals surface area contributed by atoms with Crippen LogP contribution in [-0.2, 0) is 23.9 Å². The Balaban J connectivity index is 1.78. The predicted octanol–water partition coefficient (Wildman–Crippen LogP) is 1.43. The van der Waals surface area contributed by atoms with Crippen LogP contribution >= 0.6 is 0 Å². The third-order valence-electron chi connectivity index (χ3n) is 7.18. The Hall–Kier alpha value is -2.19. The Morgan fingerprint density at radius 3 is 2.81 bits per heavy atom. The predicted molar refractivity (Wildman–Crippen MR) is 116 cm³/mol. The molecule has 8 heteroatoms. The van der Waals surface area contributed by atoms with Crippen molar-refractivity contribution >= 4 is 17.8 Å². The number of esters is 1. The van der Waals surface area contributed by atoms with Crippen LogP contribution in [0.15, 0.2) is 24.3 Å². The first-order chi connectivity index (χ1) is 15.5. The summed E-state index contributed by atoms with van der Waals surface area (Å²) in [6.45, 7) is 4.98. The van der Waals surface area contributed by atoms with Gasteiger partial charge in [-0.1, -0.05) is 37.6 Å². The first-order valence-corrected chi connectivity index (χ1v) is 11.9. The van der Waals surface area contributed by atoms with Crippen LogP contribution < -0.4 is 0 Å². The summed E-state index contributed by atoms with van der Waals surface area (Å²) in [5, 5.41) is 9.41. The van der Waals surface area contributed by atoms with Gasteiger partial charge in [-0.2, -0.15) is 0 Å². The maximum absolute atomic E-state index is 13.9. The molecule has 4 aliphatic heterocycles. The van der Waals surface area contributed by atoms with Gasteiger partial charge in [0.25, 0.3) is 0 Å². The number of cyclic esters (lactones) is 1. The maximum atomic E-state index is 13.9. The number of rotatable bonds is 6. The Morgan fingerprint density at radius 2 is 2.06 bits per heavy atom. The van der Waals surface area contributed by atoms with Crippen molar-refractivity contribution in [1.29, 1.82) is 0 Å². The number of carbonyl (C=O) groups excluding carboxylic acids is 3.